The van der Waals surface area contributed by atoms with E-state index in [2.05, 4.69) is 5.32 Å². The number of nitriles is 1. The van der Waals surface area contributed by atoms with Crippen molar-refractivity contribution in [3.8, 4) is 6.07 Å². The van der Waals surface area contributed by atoms with Crippen molar-refractivity contribution in [2.24, 2.45) is 0 Å². The lowest BCUT2D eigenvalue weighted by Crippen LogP contribution is -2.23. The molecule has 0 aliphatic rings. The lowest BCUT2D eigenvalue weighted by molar-refractivity contribution is 0.196. The van der Waals surface area contributed by atoms with E-state index in [0.29, 0.717) is 24.3 Å². The van der Waals surface area contributed by atoms with Crippen LogP contribution in [-0.4, -0.2) is 20.3 Å². The third kappa shape index (κ3) is 3.30. The van der Waals surface area contributed by atoms with Gasteiger partial charge in [-0.05, 0) is 19.1 Å². The highest BCUT2D eigenvalue weighted by atomic mass is 19.1. The first-order valence-electron chi connectivity index (χ1n) is 5.11. The number of nitrogens with one attached hydrogen (secondary N) is 1. The van der Waals surface area contributed by atoms with Gasteiger partial charge in [-0.25, -0.2) is 4.39 Å². The molecule has 16 heavy (non-hydrogen) atoms. The third-order valence-electron chi connectivity index (χ3n) is 2.35. The van der Waals surface area contributed by atoms with Gasteiger partial charge in [0.1, 0.15) is 5.82 Å². The fourth-order valence-electron chi connectivity index (χ4n) is 1.44. The van der Waals surface area contributed by atoms with Gasteiger partial charge in [-0.2, -0.15) is 5.26 Å². The fourth-order valence-corrected chi connectivity index (χ4v) is 1.44. The van der Waals surface area contributed by atoms with Gasteiger partial charge in [-0.1, -0.05) is 6.07 Å². The summed E-state index contributed by atoms with van der Waals surface area (Å²) in [5, 5.41) is 11.7. The number of hydrogen-bond acceptors (Lipinski definition) is 3. The Labute approximate surface area is 94.8 Å². The number of rotatable bonds is 5. The van der Waals surface area contributed by atoms with Crippen molar-refractivity contribution in [3.05, 3.63) is 35.1 Å². The second-order valence-electron chi connectivity index (χ2n) is 3.52. The molecular formula is C12H15FN2O. The summed E-state index contributed by atoms with van der Waals surface area (Å²) < 4.78 is 18.5. The van der Waals surface area contributed by atoms with Crippen LogP contribution in [0.1, 0.15) is 24.1 Å². The quantitative estimate of drug-likeness (QED) is 0.775. The Kier molecular flexibility index (Phi) is 4.90. The van der Waals surface area contributed by atoms with Crippen LogP contribution in [0.2, 0.25) is 0 Å². The van der Waals surface area contributed by atoms with Crippen molar-refractivity contribution < 1.29 is 9.13 Å². The highest BCUT2D eigenvalue weighted by Crippen LogP contribution is 2.17. The van der Waals surface area contributed by atoms with Crippen LogP contribution in [0.4, 0.5) is 4.39 Å². The second-order valence-corrected chi connectivity index (χ2v) is 3.52. The van der Waals surface area contributed by atoms with Crippen molar-refractivity contribution in [1.82, 2.24) is 5.32 Å². The van der Waals surface area contributed by atoms with Crippen molar-refractivity contribution >= 4 is 0 Å². The lowest BCUT2D eigenvalue weighted by Gasteiger charge is -2.14. The van der Waals surface area contributed by atoms with E-state index in [9.17, 15) is 4.39 Å². The molecule has 1 aromatic rings. The fraction of sp³-hybridized carbons (Fsp3) is 0.417. The summed E-state index contributed by atoms with van der Waals surface area (Å²) in [4.78, 5) is 0. The van der Waals surface area contributed by atoms with E-state index >= 15 is 0 Å². The summed E-state index contributed by atoms with van der Waals surface area (Å²) in [6.45, 7) is 3.12. The molecule has 3 nitrogen and oxygen atoms in total. The smallest absolute Gasteiger partial charge is 0.129 e. The molecule has 0 bridgehead atoms. The van der Waals surface area contributed by atoms with Gasteiger partial charge in [0.05, 0.1) is 18.2 Å². The Morgan fingerprint density at radius 2 is 2.31 bits per heavy atom. The first-order chi connectivity index (χ1) is 7.69. The SMILES string of the molecule is COCCNC(C)c1ccc(C#N)cc1F. The van der Waals surface area contributed by atoms with Crippen molar-refractivity contribution in [2.45, 2.75) is 13.0 Å². The minimum absolute atomic E-state index is 0.0945. The zero-order valence-corrected chi connectivity index (χ0v) is 9.46. The van der Waals surface area contributed by atoms with Gasteiger partial charge in [-0.3, -0.25) is 0 Å². The number of benzene rings is 1. The average Bonchev–Trinajstić information content (AvgIpc) is 2.29. The van der Waals surface area contributed by atoms with Crippen LogP contribution in [0, 0.1) is 17.1 Å². The largest absolute Gasteiger partial charge is 0.383 e. The highest BCUT2D eigenvalue weighted by Gasteiger charge is 2.10. The lowest BCUT2D eigenvalue weighted by atomic mass is 10.1. The van der Waals surface area contributed by atoms with E-state index in [-0.39, 0.29) is 11.9 Å². The molecule has 0 heterocycles. The van der Waals surface area contributed by atoms with Crippen LogP contribution in [0.3, 0.4) is 0 Å². The van der Waals surface area contributed by atoms with Crippen LogP contribution in [0.25, 0.3) is 0 Å². The van der Waals surface area contributed by atoms with Gasteiger partial charge in [0, 0.05) is 25.3 Å². The molecule has 1 aromatic carbocycles. The molecule has 0 saturated heterocycles. The van der Waals surface area contributed by atoms with E-state index < -0.39 is 0 Å². The van der Waals surface area contributed by atoms with Gasteiger partial charge in [0.15, 0.2) is 0 Å². The summed E-state index contributed by atoms with van der Waals surface area (Å²) in [7, 11) is 1.62. The highest BCUT2D eigenvalue weighted by molar-refractivity contribution is 5.34. The van der Waals surface area contributed by atoms with E-state index in [1.54, 1.807) is 19.2 Å². The summed E-state index contributed by atoms with van der Waals surface area (Å²) in [6, 6.07) is 6.32. The summed E-state index contributed by atoms with van der Waals surface area (Å²) in [5.74, 6) is -0.350. The Morgan fingerprint density at radius 1 is 1.56 bits per heavy atom. The molecule has 86 valence electrons. The normalized spacial score (nSPS) is 12.1. The van der Waals surface area contributed by atoms with Crippen LogP contribution in [0.15, 0.2) is 18.2 Å². The van der Waals surface area contributed by atoms with Crippen LogP contribution in [0.5, 0.6) is 0 Å². The molecule has 0 aliphatic carbocycles. The topological polar surface area (TPSA) is 45.0 Å². The molecule has 1 unspecified atom stereocenters. The van der Waals surface area contributed by atoms with Crippen molar-refractivity contribution in [2.75, 3.05) is 20.3 Å². The minimum Gasteiger partial charge on any atom is -0.383 e. The average molecular weight is 222 g/mol. The molecule has 0 fully saturated rings. The molecule has 0 radical (unpaired) electrons. The summed E-state index contributed by atoms with van der Waals surface area (Å²) in [6.07, 6.45) is 0. The Balaban J connectivity index is 2.69. The maximum atomic E-state index is 13.6. The van der Waals surface area contributed by atoms with Crippen LogP contribution < -0.4 is 5.32 Å². The van der Waals surface area contributed by atoms with Gasteiger partial charge in [-0.15, -0.1) is 0 Å². The van der Waals surface area contributed by atoms with E-state index in [0.717, 1.165) is 0 Å². The number of ether oxygens (including phenoxy) is 1. The van der Waals surface area contributed by atoms with Gasteiger partial charge in [0.2, 0.25) is 0 Å². The number of methoxy groups -OCH3 is 1. The van der Waals surface area contributed by atoms with Crippen molar-refractivity contribution in [1.29, 1.82) is 5.26 Å². The molecule has 0 amide bonds. The first kappa shape index (κ1) is 12.6. The standard InChI is InChI=1S/C12H15FN2O/c1-9(15-5-6-16-2)11-4-3-10(8-14)7-12(11)13/h3-4,7,9,15H,5-6H2,1-2H3. The predicted molar refractivity (Wildman–Crippen MR) is 59.4 cm³/mol. The van der Waals surface area contributed by atoms with E-state index in [1.165, 1.54) is 6.07 Å². The van der Waals surface area contributed by atoms with Gasteiger partial charge < -0.3 is 10.1 Å². The van der Waals surface area contributed by atoms with Crippen LogP contribution >= 0.6 is 0 Å². The molecule has 1 N–H and O–H groups in total. The van der Waals surface area contributed by atoms with E-state index in [1.807, 2.05) is 13.0 Å². The molecule has 1 atom stereocenters. The van der Waals surface area contributed by atoms with Gasteiger partial charge in [0.25, 0.3) is 0 Å². The molecule has 0 aromatic heterocycles. The number of halogens is 1. The maximum absolute atomic E-state index is 13.6. The Bertz CT molecular complexity index is 387. The molecule has 1 rings (SSSR count). The summed E-state index contributed by atoms with van der Waals surface area (Å²) >= 11 is 0. The molecule has 4 heteroatoms. The maximum Gasteiger partial charge on any atom is 0.129 e. The number of nitrogens with zero attached hydrogens (tertiary/aromatic N) is 1. The van der Waals surface area contributed by atoms with Crippen LogP contribution in [-0.2, 0) is 4.74 Å². The molecule has 0 saturated carbocycles. The first-order valence-corrected chi connectivity index (χ1v) is 5.11. The zero-order chi connectivity index (χ0) is 12.0. The van der Waals surface area contributed by atoms with Gasteiger partial charge >= 0.3 is 0 Å². The minimum atomic E-state index is -0.350. The predicted octanol–water partition coefficient (Wildman–Crippen LogP) is 1.99. The second kappa shape index (κ2) is 6.21. The molecule has 0 spiro atoms. The zero-order valence-electron chi connectivity index (χ0n) is 9.46. The monoisotopic (exact) mass is 222 g/mol. The van der Waals surface area contributed by atoms with E-state index in [4.69, 9.17) is 10.00 Å². The van der Waals surface area contributed by atoms with Crippen molar-refractivity contribution in [3.63, 3.8) is 0 Å². The molecule has 0 aliphatic heterocycles. The number of hydrogen-bond donors (Lipinski definition) is 1. The molecular weight excluding hydrogens is 207 g/mol. The summed E-state index contributed by atoms with van der Waals surface area (Å²) in [5.41, 5.74) is 0.903. The Hall–Kier alpha value is -1.44. The Morgan fingerprint density at radius 3 is 2.88 bits per heavy atom. The third-order valence-corrected chi connectivity index (χ3v) is 2.35.